The number of amides is 1. The lowest BCUT2D eigenvalue weighted by Gasteiger charge is -2.23. The summed E-state index contributed by atoms with van der Waals surface area (Å²) in [4.78, 5) is 32.1. The van der Waals surface area contributed by atoms with Crippen LogP contribution in [0.5, 0.6) is 0 Å². The zero-order valence-electron chi connectivity index (χ0n) is 19.8. The minimum absolute atomic E-state index is 0.0235. The Hall–Kier alpha value is -1.87. The first-order chi connectivity index (χ1) is 15.7. The zero-order valence-corrected chi connectivity index (χ0v) is 21.5. The van der Waals surface area contributed by atoms with Gasteiger partial charge in [-0.25, -0.2) is 13.4 Å². The number of hydrogen-bond acceptors (Lipinski definition) is 6. The molecule has 0 saturated carbocycles. The number of fused-ring (bicyclic) bond motifs is 1. The summed E-state index contributed by atoms with van der Waals surface area (Å²) in [5.74, 6) is 0.831. The number of nitrogens with zero attached hydrogens (tertiary/aromatic N) is 3. The highest BCUT2D eigenvalue weighted by Crippen LogP contribution is 2.22. The molecule has 0 aliphatic carbocycles. The van der Waals surface area contributed by atoms with E-state index in [-0.39, 0.29) is 34.8 Å². The third-order valence-electron chi connectivity index (χ3n) is 6.21. The minimum Gasteiger partial charge on any atom is -0.341 e. The fourth-order valence-corrected chi connectivity index (χ4v) is 6.87. The number of benzene rings is 1. The number of unbranched alkanes of at least 4 members (excludes halogenated alkanes) is 3. The molecule has 33 heavy (non-hydrogen) atoms. The van der Waals surface area contributed by atoms with Gasteiger partial charge < -0.3 is 4.90 Å². The molecule has 182 valence electrons. The average Bonchev–Trinajstić information content (AvgIpc) is 3.14. The second-order valence-electron chi connectivity index (χ2n) is 9.32. The highest BCUT2D eigenvalue weighted by molar-refractivity contribution is 7.99. The highest BCUT2D eigenvalue weighted by Gasteiger charge is 2.32. The van der Waals surface area contributed by atoms with Crippen LogP contribution in [-0.4, -0.2) is 59.1 Å². The number of aromatic nitrogens is 2. The molecule has 0 radical (unpaired) electrons. The normalized spacial score (nSPS) is 17.6. The van der Waals surface area contributed by atoms with E-state index in [1.807, 2.05) is 18.2 Å². The quantitative estimate of drug-likeness (QED) is 0.269. The molecule has 1 aliphatic heterocycles. The van der Waals surface area contributed by atoms with Crippen LogP contribution in [0.4, 0.5) is 0 Å². The predicted octanol–water partition coefficient (Wildman–Crippen LogP) is 3.74. The van der Waals surface area contributed by atoms with Gasteiger partial charge in [-0.1, -0.05) is 63.4 Å². The lowest BCUT2D eigenvalue weighted by atomic mass is 10.0. The Labute approximate surface area is 200 Å². The van der Waals surface area contributed by atoms with Crippen molar-refractivity contribution in [2.75, 3.05) is 24.3 Å². The molecular weight excluding hydrogens is 458 g/mol. The van der Waals surface area contributed by atoms with Gasteiger partial charge in [0.1, 0.15) is 0 Å². The maximum atomic E-state index is 13.2. The summed E-state index contributed by atoms with van der Waals surface area (Å²) in [6.45, 7) is 5.04. The van der Waals surface area contributed by atoms with E-state index in [0.29, 0.717) is 34.9 Å². The molecule has 1 aromatic carbocycles. The summed E-state index contributed by atoms with van der Waals surface area (Å²) in [5.41, 5.74) is 0.550. The van der Waals surface area contributed by atoms with Crippen LogP contribution in [-0.2, 0) is 21.2 Å². The van der Waals surface area contributed by atoms with E-state index in [1.54, 1.807) is 17.7 Å². The Bertz CT molecular complexity index is 1130. The second-order valence-corrected chi connectivity index (χ2v) is 12.5. The molecule has 1 atom stereocenters. The fourth-order valence-electron chi connectivity index (χ4n) is 4.14. The van der Waals surface area contributed by atoms with Crippen molar-refractivity contribution in [2.24, 2.45) is 5.92 Å². The van der Waals surface area contributed by atoms with Gasteiger partial charge >= 0.3 is 0 Å². The second kappa shape index (κ2) is 11.5. The summed E-state index contributed by atoms with van der Waals surface area (Å²) in [5, 5.41) is 1.13. The molecule has 1 saturated heterocycles. The maximum absolute atomic E-state index is 13.2. The van der Waals surface area contributed by atoms with Gasteiger partial charge in [0.2, 0.25) is 5.91 Å². The molecule has 0 spiro atoms. The smallest absolute Gasteiger partial charge is 0.262 e. The van der Waals surface area contributed by atoms with Crippen molar-refractivity contribution < 1.29 is 13.2 Å². The van der Waals surface area contributed by atoms with Crippen molar-refractivity contribution in [1.29, 1.82) is 0 Å². The molecule has 2 heterocycles. The largest absolute Gasteiger partial charge is 0.341 e. The molecule has 1 fully saturated rings. The van der Waals surface area contributed by atoms with Gasteiger partial charge in [-0.05, 0) is 30.9 Å². The van der Waals surface area contributed by atoms with Gasteiger partial charge in [-0.3, -0.25) is 14.2 Å². The fraction of sp³-hybridized carbons (Fsp3) is 0.625. The summed E-state index contributed by atoms with van der Waals surface area (Å²) in [6.07, 6.45) is 5.97. The molecule has 2 aromatic rings. The van der Waals surface area contributed by atoms with E-state index in [0.717, 1.165) is 19.3 Å². The Morgan fingerprint density at radius 3 is 2.64 bits per heavy atom. The summed E-state index contributed by atoms with van der Waals surface area (Å²) < 4.78 is 25.2. The van der Waals surface area contributed by atoms with E-state index < -0.39 is 9.84 Å². The number of hydrogen-bond donors (Lipinski definition) is 0. The topological polar surface area (TPSA) is 89.3 Å². The first-order valence-corrected chi connectivity index (χ1v) is 14.6. The van der Waals surface area contributed by atoms with Crippen LogP contribution in [0.3, 0.4) is 0 Å². The Morgan fingerprint density at radius 1 is 1.21 bits per heavy atom. The number of carbonyl (C=O) groups is 1. The first-order valence-electron chi connectivity index (χ1n) is 11.8. The van der Waals surface area contributed by atoms with E-state index in [4.69, 9.17) is 0 Å². The number of para-hydroxylation sites is 1. The molecular formula is C24H35N3O4S2. The van der Waals surface area contributed by atoms with E-state index in [9.17, 15) is 18.0 Å². The Morgan fingerprint density at radius 2 is 1.94 bits per heavy atom. The summed E-state index contributed by atoms with van der Waals surface area (Å²) in [6, 6.07) is 7.01. The number of carbonyl (C=O) groups excluding carboxylic acids is 1. The third-order valence-corrected chi connectivity index (χ3v) is 8.93. The van der Waals surface area contributed by atoms with E-state index in [1.165, 1.54) is 29.5 Å². The molecule has 1 unspecified atom stereocenters. The highest BCUT2D eigenvalue weighted by atomic mass is 32.2. The van der Waals surface area contributed by atoms with Gasteiger partial charge in [-0.15, -0.1) is 0 Å². The van der Waals surface area contributed by atoms with Crippen LogP contribution in [0.2, 0.25) is 0 Å². The van der Waals surface area contributed by atoms with Crippen LogP contribution >= 0.6 is 11.8 Å². The van der Waals surface area contributed by atoms with Crippen LogP contribution in [0, 0.1) is 5.92 Å². The molecule has 0 bridgehead atoms. The van der Waals surface area contributed by atoms with Crippen molar-refractivity contribution in [3.8, 4) is 0 Å². The van der Waals surface area contributed by atoms with Crippen molar-refractivity contribution >= 4 is 38.4 Å². The van der Waals surface area contributed by atoms with Gasteiger partial charge in [0.15, 0.2) is 15.0 Å². The average molecular weight is 494 g/mol. The maximum Gasteiger partial charge on any atom is 0.262 e. The molecule has 3 rings (SSSR count). The summed E-state index contributed by atoms with van der Waals surface area (Å²) in [7, 11) is -1.40. The van der Waals surface area contributed by atoms with Crippen LogP contribution in [0.15, 0.2) is 34.2 Å². The zero-order chi connectivity index (χ0) is 24.0. The van der Waals surface area contributed by atoms with Crippen LogP contribution in [0.1, 0.15) is 52.4 Å². The molecule has 7 nitrogen and oxygen atoms in total. The van der Waals surface area contributed by atoms with Gasteiger partial charge in [0, 0.05) is 19.6 Å². The van der Waals surface area contributed by atoms with Gasteiger partial charge in [0.05, 0.1) is 28.2 Å². The third kappa shape index (κ3) is 7.06. The number of sulfone groups is 1. The number of rotatable bonds is 11. The monoisotopic (exact) mass is 493 g/mol. The minimum atomic E-state index is -3.06. The molecule has 9 heteroatoms. The SMILES string of the molecule is CC(C)CCCCCCn1c(SCC(=O)N(C)C2CCS(=O)(=O)C2)nc2ccccc2c1=O. The standard InChI is InChI=1S/C24H35N3O4S2/c1-18(2)10-6-4-5-9-14-27-23(29)20-11-7-8-12-21(20)25-24(27)32-16-22(28)26(3)19-13-15-33(30,31)17-19/h7-8,11-12,18-19H,4-6,9-10,13-17H2,1-3H3. The molecule has 1 aliphatic rings. The molecule has 1 aromatic heterocycles. The van der Waals surface area contributed by atoms with E-state index in [2.05, 4.69) is 18.8 Å². The van der Waals surface area contributed by atoms with Crippen LogP contribution < -0.4 is 5.56 Å². The molecule has 0 N–H and O–H groups in total. The van der Waals surface area contributed by atoms with Crippen molar-refractivity contribution in [3.05, 3.63) is 34.6 Å². The molecule has 1 amide bonds. The lowest BCUT2D eigenvalue weighted by Crippen LogP contribution is -2.39. The Kier molecular flexibility index (Phi) is 8.98. The summed E-state index contributed by atoms with van der Waals surface area (Å²) >= 11 is 1.25. The van der Waals surface area contributed by atoms with Crippen molar-refractivity contribution in [1.82, 2.24) is 14.5 Å². The van der Waals surface area contributed by atoms with Gasteiger partial charge in [-0.2, -0.15) is 0 Å². The predicted molar refractivity (Wildman–Crippen MR) is 134 cm³/mol. The van der Waals surface area contributed by atoms with E-state index >= 15 is 0 Å². The lowest BCUT2D eigenvalue weighted by molar-refractivity contribution is -0.128. The Balaban J connectivity index is 1.69. The first kappa shape index (κ1) is 25.7. The van der Waals surface area contributed by atoms with Crippen LogP contribution in [0.25, 0.3) is 10.9 Å². The van der Waals surface area contributed by atoms with Crippen molar-refractivity contribution in [3.63, 3.8) is 0 Å². The van der Waals surface area contributed by atoms with Gasteiger partial charge in [0.25, 0.3) is 5.56 Å². The number of thioether (sulfide) groups is 1. The van der Waals surface area contributed by atoms with Crippen molar-refractivity contribution in [2.45, 2.75) is 70.1 Å².